The Hall–Kier alpha value is -2.62. The first-order valence-electron chi connectivity index (χ1n) is 11.3. The van der Waals surface area contributed by atoms with Crippen LogP contribution in [0.4, 0.5) is 0 Å². The fraction of sp³-hybridized carbons (Fsp3) is 0.192. The first-order chi connectivity index (χ1) is 17.1. The van der Waals surface area contributed by atoms with Gasteiger partial charge in [-0.2, -0.15) is 0 Å². The van der Waals surface area contributed by atoms with Crippen molar-refractivity contribution in [3.05, 3.63) is 83.5 Å². The van der Waals surface area contributed by atoms with Crippen LogP contribution in [0.25, 0.3) is 21.9 Å². The van der Waals surface area contributed by atoms with Crippen molar-refractivity contribution in [2.24, 2.45) is 0 Å². The summed E-state index contributed by atoms with van der Waals surface area (Å²) in [5, 5.41) is 21.4. The number of halogens is 1. The first-order valence-corrected chi connectivity index (χ1v) is 13.2. The summed E-state index contributed by atoms with van der Waals surface area (Å²) in [6.45, 7) is 1.49. The number of aliphatic hydroxyl groups is 1. The Morgan fingerprint density at radius 3 is 2.31 bits per heavy atom. The molecule has 1 aliphatic rings. The van der Waals surface area contributed by atoms with Crippen molar-refractivity contribution in [3.8, 4) is 0 Å². The molecule has 0 radical (unpaired) electrons. The number of nitrogens with zero attached hydrogens (tertiary/aromatic N) is 4. The van der Waals surface area contributed by atoms with Crippen LogP contribution in [-0.2, 0) is 5.60 Å². The lowest BCUT2D eigenvalue weighted by Gasteiger charge is -2.37. The van der Waals surface area contributed by atoms with E-state index in [1.54, 1.807) is 23.7 Å². The lowest BCUT2D eigenvalue weighted by molar-refractivity contribution is -0.00802. The summed E-state index contributed by atoms with van der Waals surface area (Å²) >= 11 is 9.26. The van der Waals surface area contributed by atoms with Crippen LogP contribution in [0.5, 0.6) is 0 Å². The van der Waals surface area contributed by atoms with Gasteiger partial charge in [-0.05, 0) is 77.1 Å². The van der Waals surface area contributed by atoms with E-state index in [9.17, 15) is 5.11 Å². The van der Waals surface area contributed by atoms with Crippen molar-refractivity contribution >= 4 is 57.2 Å². The van der Waals surface area contributed by atoms with Crippen LogP contribution in [-0.4, -0.2) is 37.8 Å². The van der Waals surface area contributed by atoms with E-state index < -0.39 is 5.60 Å². The van der Waals surface area contributed by atoms with Gasteiger partial charge in [0.2, 0.25) is 0 Å². The molecule has 0 unspecified atom stereocenters. The number of aromatic nitrogens is 3. The molecule has 3 aromatic carbocycles. The number of pyridine rings is 1. The van der Waals surface area contributed by atoms with Gasteiger partial charge in [0, 0.05) is 39.5 Å². The lowest BCUT2D eigenvalue weighted by atomic mass is 9.85. The van der Waals surface area contributed by atoms with Gasteiger partial charge in [-0.25, -0.2) is 8.93 Å². The Bertz CT molecular complexity index is 1500. The molecular formula is C26H21ClN4O2S2. The van der Waals surface area contributed by atoms with Gasteiger partial charge in [-0.1, -0.05) is 53.7 Å². The Labute approximate surface area is 215 Å². The average Bonchev–Trinajstić information content (AvgIpc) is 3.38. The predicted molar refractivity (Wildman–Crippen MR) is 140 cm³/mol. The first kappa shape index (κ1) is 22.8. The topological polar surface area (TPSA) is 75.3 Å². The quantitative estimate of drug-likeness (QED) is 0.261. The van der Waals surface area contributed by atoms with Crippen molar-refractivity contribution in [2.75, 3.05) is 13.1 Å². The Balaban J connectivity index is 1.20. The van der Waals surface area contributed by atoms with Crippen LogP contribution >= 0.6 is 35.3 Å². The number of rotatable bonds is 5. The maximum atomic E-state index is 11.2. The van der Waals surface area contributed by atoms with Gasteiger partial charge >= 0.3 is 0 Å². The van der Waals surface area contributed by atoms with Crippen LogP contribution in [0, 0.1) is 0 Å². The summed E-state index contributed by atoms with van der Waals surface area (Å²) in [6.07, 6.45) is 3.10. The molecule has 1 saturated heterocycles. The number of para-hydroxylation sites is 1. The molecule has 6 nitrogen and oxygen atoms in total. The summed E-state index contributed by atoms with van der Waals surface area (Å²) < 4.78 is 7.41. The molecule has 176 valence electrons. The van der Waals surface area contributed by atoms with Crippen LogP contribution in [0.15, 0.2) is 92.2 Å². The molecule has 35 heavy (non-hydrogen) atoms. The van der Waals surface area contributed by atoms with Gasteiger partial charge in [-0.15, -0.1) is 0 Å². The second-order valence-electron chi connectivity index (χ2n) is 8.52. The second-order valence-corrected chi connectivity index (χ2v) is 11.2. The third-order valence-corrected chi connectivity index (χ3v) is 8.82. The molecule has 1 aliphatic heterocycles. The highest BCUT2D eigenvalue weighted by Gasteiger charge is 2.34. The van der Waals surface area contributed by atoms with Crippen LogP contribution in [0.1, 0.15) is 18.4 Å². The maximum absolute atomic E-state index is 11.2. The third-order valence-electron chi connectivity index (χ3n) is 6.32. The molecule has 0 aliphatic carbocycles. The summed E-state index contributed by atoms with van der Waals surface area (Å²) in [5.41, 5.74) is 2.53. The summed E-state index contributed by atoms with van der Waals surface area (Å²) in [6, 6.07) is 21.8. The third kappa shape index (κ3) is 4.52. The fourth-order valence-electron chi connectivity index (χ4n) is 4.39. The highest BCUT2D eigenvalue weighted by atomic mass is 35.5. The van der Waals surface area contributed by atoms with Crippen molar-refractivity contribution in [2.45, 2.75) is 33.1 Å². The van der Waals surface area contributed by atoms with Crippen LogP contribution < -0.4 is 0 Å². The summed E-state index contributed by atoms with van der Waals surface area (Å²) in [7, 11) is 0. The molecule has 9 heteroatoms. The number of benzene rings is 3. The molecule has 0 bridgehead atoms. The number of hydrogen-bond acceptors (Lipinski definition) is 8. The molecule has 2 aromatic heterocycles. The van der Waals surface area contributed by atoms with Crippen LogP contribution in [0.2, 0.25) is 5.02 Å². The van der Waals surface area contributed by atoms with E-state index in [4.69, 9.17) is 16.2 Å². The van der Waals surface area contributed by atoms with Gasteiger partial charge in [0.25, 0.3) is 0 Å². The minimum absolute atomic E-state index is 0.643. The van der Waals surface area contributed by atoms with E-state index in [-0.39, 0.29) is 0 Å². The standard InChI is InChI=1S/C26H21ClN4O2S2/c27-19-8-6-18(7-9-19)26(32)12-15-31(16-13-26)35-22-11-10-21(24-25(22)30-33-29-24)34-20-5-1-3-17-4-2-14-28-23(17)20/h1-11,14,32H,12-13,15-16H2. The zero-order valence-corrected chi connectivity index (χ0v) is 21.0. The average molecular weight is 521 g/mol. The highest BCUT2D eigenvalue weighted by Crippen LogP contribution is 2.41. The molecule has 0 spiro atoms. The molecule has 0 saturated carbocycles. The van der Waals surface area contributed by atoms with E-state index in [2.05, 4.69) is 49.9 Å². The number of fused-ring (bicyclic) bond motifs is 2. The number of piperidine rings is 1. The summed E-state index contributed by atoms with van der Waals surface area (Å²) in [5.74, 6) is 0. The molecule has 0 amide bonds. The molecule has 1 fully saturated rings. The molecule has 6 rings (SSSR count). The normalized spacial score (nSPS) is 16.2. The van der Waals surface area contributed by atoms with E-state index in [0.717, 1.165) is 55.3 Å². The monoisotopic (exact) mass is 520 g/mol. The smallest absolute Gasteiger partial charge is 0.151 e. The molecule has 3 heterocycles. The molecule has 1 N–H and O–H groups in total. The fourth-order valence-corrected chi connectivity index (χ4v) is 6.53. The van der Waals surface area contributed by atoms with Crippen molar-refractivity contribution in [1.82, 2.24) is 19.6 Å². The van der Waals surface area contributed by atoms with E-state index in [1.807, 2.05) is 42.6 Å². The minimum atomic E-state index is -0.834. The SMILES string of the molecule is OC1(c2ccc(Cl)cc2)CCN(Sc2ccc(Sc3cccc4cccnc34)c3nonc23)CC1. The second kappa shape index (κ2) is 9.44. The van der Waals surface area contributed by atoms with Gasteiger partial charge in [0.05, 0.1) is 16.0 Å². The van der Waals surface area contributed by atoms with E-state index >= 15 is 0 Å². The highest BCUT2D eigenvalue weighted by molar-refractivity contribution is 7.99. The van der Waals surface area contributed by atoms with Gasteiger partial charge in [0.15, 0.2) is 5.52 Å². The number of hydrogen-bond donors (Lipinski definition) is 1. The van der Waals surface area contributed by atoms with Gasteiger partial charge in [0.1, 0.15) is 5.52 Å². The van der Waals surface area contributed by atoms with E-state index in [1.165, 1.54) is 0 Å². The minimum Gasteiger partial charge on any atom is -0.385 e. The maximum Gasteiger partial charge on any atom is 0.151 e. The zero-order valence-electron chi connectivity index (χ0n) is 18.6. The zero-order chi connectivity index (χ0) is 23.8. The van der Waals surface area contributed by atoms with Gasteiger partial charge in [-0.3, -0.25) is 4.98 Å². The van der Waals surface area contributed by atoms with Crippen molar-refractivity contribution in [1.29, 1.82) is 0 Å². The Kier molecular flexibility index (Phi) is 6.16. The molecule has 5 aromatic rings. The summed E-state index contributed by atoms with van der Waals surface area (Å²) in [4.78, 5) is 7.58. The largest absolute Gasteiger partial charge is 0.385 e. The molecular weight excluding hydrogens is 500 g/mol. The van der Waals surface area contributed by atoms with Crippen molar-refractivity contribution in [3.63, 3.8) is 0 Å². The Morgan fingerprint density at radius 2 is 1.51 bits per heavy atom. The van der Waals surface area contributed by atoms with Gasteiger partial charge < -0.3 is 5.11 Å². The predicted octanol–water partition coefficient (Wildman–Crippen LogP) is 6.57. The Morgan fingerprint density at radius 1 is 0.829 bits per heavy atom. The van der Waals surface area contributed by atoms with E-state index in [0.29, 0.717) is 17.9 Å². The lowest BCUT2D eigenvalue weighted by Crippen LogP contribution is -2.39. The molecule has 0 atom stereocenters. The van der Waals surface area contributed by atoms with Crippen LogP contribution in [0.3, 0.4) is 0 Å². The van der Waals surface area contributed by atoms with Crippen molar-refractivity contribution < 1.29 is 9.74 Å².